The third-order valence-electron chi connectivity index (χ3n) is 2.64. The topological polar surface area (TPSA) is 113 Å². The molecule has 8 heteroatoms. The number of carbonyl (C=O) groups excluding carboxylic acids is 1. The van der Waals surface area contributed by atoms with Gasteiger partial charge in [0.1, 0.15) is 5.82 Å². The Balaban J connectivity index is 2.09. The number of nitrogen functional groups attached to an aromatic ring is 1. The van der Waals surface area contributed by atoms with Gasteiger partial charge in [-0.05, 0) is 0 Å². The third-order valence-corrected chi connectivity index (χ3v) is 2.64. The van der Waals surface area contributed by atoms with E-state index in [1.54, 1.807) is 6.20 Å². The third kappa shape index (κ3) is 1.63. The highest BCUT2D eigenvalue weighted by Gasteiger charge is 2.20. The van der Waals surface area contributed by atoms with Crippen LogP contribution in [0.25, 0.3) is 11.0 Å². The molecule has 1 fully saturated rings. The van der Waals surface area contributed by atoms with Crippen LogP contribution in [-0.2, 0) is 4.79 Å². The van der Waals surface area contributed by atoms with E-state index >= 15 is 0 Å². The van der Waals surface area contributed by atoms with Crippen LogP contribution in [0.15, 0.2) is 6.20 Å². The van der Waals surface area contributed by atoms with Gasteiger partial charge in [-0.15, -0.1) is 0 Å². The van der Waals surface area contributed by atoms with Crippen molar-refractivity contribution in [3.8, 4) is 0 Å². The van der Waals surface area contributed by atoms with Gasteiger partial charge in [0, 0.05) is 13.1 Å². The molecule has 0 spiro atoms. The minimum absolute atomic E-state index is 0.0231. The van der Waals surface area contributed by atoms with Crippen molar-refractivity contribution in [3.05, 3.63) is 6.20 Å². The molecule has 3 rings (SSSR count). The van der Waals surface area contributed by atoms with Crippen molar-refractivity contribution >= 4 is 28.7 Å². The van der Waals surface area contributed by atoms with Crippen LogP contribution in [0.2, 0.25) is 0 Å². The number of anilines is 2. The van der Waals surface area contributed by atoms with Crippen LogP contribution in [0.1, 0.15) is 0 Å². The molecule has 0 aromatic carbocycles. The highest BCUT2D eigenvalue weighted by molar-refractivity contribution is 5.90. The second-order valence-corrected chi connectivity index (χ2v) is 3.81. The molecule has 4 N–H and O–H groups in total. The number of H-pyrrole nitrogens is 1. The molecule has 0 saturated carbocycles. The maximum absolute atomic E-state index is 11.4. The number of nitrogens with two attached hydrogens (primary N) is 1. The van der Waals surface area contributed by atoms with Gasteiger partial charge in [0.05, 0.1) is 18.1 Å². The fourth-order valence-corrected chi connectivity index (χ4v) is 1.90. The van der Waals surface area contributed by atoms with Crippen LogP contribution in [0.5, 0.6) is 0 Å². The minimum atomic E-state index is -0.0231. The average Bonchev–Trinajstić information content (AvgIpc) is 2.75. The zero-order valence-corrected chi connectivity index (χ0v) is 8.97. The van der Waals surface area contributed by atoms with Gasteiger partial charge in [0.2, 0.25) is 11.9 Å². The molecule has 1 aliphatic rings. The van der Waals surface area contributed by atoms with Gasteiger partial charge in [-0.2, -0.15) is 15.1 Å². The number of hydrogen-bond acceptors (Lipinski definition) is 6. The fourth-order valence-electron chi connectivity index (χ4n) is 1.90. The number of amides is 1. The number of hydrogen-bond donors (Lipinski definition) is 3. The second-order valence-electron chi connectivity index (χ2n) is 3.81. The van der Waals surface area contributed by atoms with E-state index in [-0.39, 0.29) is 18.4 Å². The van der Waals surface area contributed by atoms with Gasteiger partial charge in [0.15, 0.2) is 5.65 Å². The summed E-state index contributed by atoms with van der Waals surface area (Å²) in [4.78, 5) is 21.4. The van der Waals surface area contributed by atoms with Crippen LogP contribution in [0.4, 0.5) is 11.8 Å². The molecule has 2 aromatic rings. The summed E-state index contributed by atoms with van der Waals surface area (Å²) in [6.45, 7) is 1.57. The summed E-state index contributed by atoms with van der Waals surface area (Å²) < 4.78 is 0. The molecule has 0 atom stereocenters. The molecular formula is C9H11N7O. The Bertz CT molecular complexity index is 578. The van der Waals surface area contributed by atoms with E-state index in [0.717, 1.165) is 5.39 Å². The van der Waals surface area contributed by atoms with Crippen LogP contribution in [0, 0.1) is 0 Å². The van der Waals surface area contributed by atoms with Crippen molar-refractivity contribution in [2.75, 3.05) is 30.3 Å². The first-order valence-corrected chi connectivity index (χ1v) is 5.22. The standard InChI is InChI=1S/C9H11N7O/c10-9-13-7-5(3-12-15-7)8(14-9)16-2-1-11-6(17)4-16/h3H,1-2,4H2,(H,11,17)(H3,10,12,13,14,15). The second kappa shape index (κ2) is 3.58. The predicted molar refractivity (Wildman–Crippen MR) is 61.3 cm³/mol. The van der Waals surface area contributed by atoms with Gasteiger partial charge >= 0.3 is 0 Å². The summed E-state index contributed by atoms with van der Waals surface area (Å²) in [7, 11) is 0. The Morgan fingerprint density at radius 3 is 3.12 bits per heavy atom. The Morgan fingerprint density at radius 2 is 2.29 bits per heavy atom. The lowest BCUT2D eigenvalue weighted by Gasteiger charge is -2.27. The lowest BCUT2D eigenvalue weighted by atomic mass is 10.3. The van der Waals surface area contributed by atoms with Crippen LogP contribution < -0.4 is 16.0 Å². The smallest absolute Gasteiger partial charge is 0.239 e. The molecule has 0 bridgehead atoms. The molecule has 88 valence electrons. The van der Waals surface area contributed by atoms with Crippen molar-refractivity contribution in [2.45, 2.75) is 0 Å². The summed E-state index contributed by atoms with van der Waals surface area (Å²) in [6.07, 6.45) is 1.64. The van der Waals surface area contributed by atoms with E-state index in [9.17, 15) is 4.79 Å². The number of nitrogens with one attached hydrogen (secondary N) is 2. The van der Waals surface area contributed by atoms with Crippen molar-refractivity contribution in [2.24, 2.45) is 0 Å². The molecule has 0 aliphatic carbocycles. The molecule has 1 amide bonds. The van der Waals surface area contributed by atoms with Crippen LogP contribution >= 0.6 is 0 Å². The van der Waals surface area contributed by atoms with Gasteiger partial charge in [0.25, 0.3) is 0 Å². The van der Waals surface area contributed by atoms with E-state index in [0.29, 0.717) is 24.6 Å². The maximum Gasteiger partial charge on any atom is 0.239 e. The molecule has 2 aromatic heterocycles. The molecule has 1 saturated heterocycles. The molecule has 0 unspecified atom stereocenters. The van der Waals surface area contributed by atoms with E-state index in [2.05, 4.69) is 25.5 Å². The molecule has 8 nitrogen and oxygen atoms in total. The first-order chi connectivity index (χ1) is 8.24. The molecular weight excluding hydrogens is 222 g/mol. The first-order valence-electron chi connectivity index (χ1n) is 5.22. The maximum atomic E-state index is 11.4. The Labute approximate surface area is 96.2 Å². The molecule has 17 heavy (non-hydrogen) atoms. The van der Waals surface area contributed by atoms with Gasteiger partial charge in [-0.25, -0.2) is 0 Å². The predicted octanol–water partition coefficient (Wildman–Crippen LogP) is -1.13. The highest BCUT2D eigenvalue weighted by Crippen LogP contribution is 2.23. The zero-order valence-electron chi connectivity index (χ0n) is 8.97. The van der Waals surface area contributed by atoms with Gasteiger partial charge in [-0.1, -0.05) is 0 Å². The average molecular weight is 233 g/mol. The van der Waals surface area contributed by atoms with Crippen LogP contribution in [0.3, 0.4) is 0 Å². The zero-order chi connectivity index (χ0) is 11.8. The lowest BCUT2D eigenvalue weighted by molar-refractivity contribution is -0.120. The Kier molecular flexibility index (Phi) is 2.07. The van der Waals surface area contributed by atoms with Crippen molar-refractivity contribution in [1.82, 2.24) is 25.5 Å². The number of fused-ring (bicyclic) bond motifs is 1. The largest absolute Gasteiger partial charge is 0.368 e. The van der Waals surface area contributed by atoms with Crippen molar-refractivity contribution < 1.29 is 4.79 Å². The highest BCUT2D eigenvalue weighted by atomic mass is 16.2. The van der Waals surface area contributed by atoms with Crippen molar-refractivity contribution in [3.63, 3.8) is 0 Å². The summed E-state index contributed by atoms with van der Waals surface area (Å²) >= 11 is 0. The molecule has 0 radical (unpaired) electrons. The van der Waals surface area contributed by atoms with E-state index in [4.69, 9.17) is 5.73 Å². The quantitative estimate of drug-likeness (QED) is 0.574. The number of rotatable bonds is 1. The summed E-state index contributed by atoms with van der Waals surface area (Å²) in [5, 5.41) is 10.2. The monoisotopic (exact) mass is 233 g/mol. The summed E-state index contributed by atoms with van der Waals surface area (Å²) in [5.41, 5.74) is 6.21. The Morgan fingerprint density at radius 1 is 1.41 bits per heavy atom. The number of piperazine rings is 1. The van der Waals surface area contributed by atoms with Crippen LogP contribution in [-0.4, -0.2) is 45.7 Å². The number of aromatic amines is 1. The van der Waals surface area contributed by atoms with Crippen molar-refractivity contribution in [1.29, 1.82) is 0 Å². The van der Waals surface area contributed by atoms with Gasteiger partial charge in [-0.3, -0.25) is 9.89 Å². The first kappa shape index (κ1) is 9.82. The number of aromatic nitrogens is 4. The van der Waals surface area contributed by atoms with Gasteiger partial charge < -0.3 is 16.0 Å². The minimum Gasteiger partial charge on any atom is -0.368 e. The number of nitrogens with zero attached hydrogens (tertiary/aromatic N) is 4. The van der Waals surface area contributed by atoms with E-state index < -0.39 is 0 Å². The van der Waals surface area contributed by atoms with E-state index in [1.807, 2.05) is 4.90 Å². The number of carbonyl (C=O) groups is 1. The lowest BCUT2D eigenvalue weighted by Crippen LogP contribution is -2.48. The normalized spacial score (nSPS) is 16.2. The Hall–Kier alpha value is -2.38. The molecule has 1 aliphatic heterocycles. The summed E-state index contributed by atoms with van der Waals surface area (Å²) in [6, 6.07) is 0. The SMILES string of the molecule is Nc1nc(N2CCNC(=O)C2)c2cn[nH]c2n1. The van der Waals surface area contributed by atoms with E-state index in [1.165, 1.54) is 0 Å². The summed E-state index contributed by atoms with van der Waals surface area (Å²) in [5.74, 6) is 0.795. The fraction of sp³-hybridized carbons (Fsp3) is 0.333. The molecule has 3 heterocycles.